The number of hydrogen-bond donors (Lipinski definition) is 2. The molecule has 0 aliphatic rings. The topological polar surface area (TPSA) is 67.4 Å². The van der Waals surface area contributed by atoms with Crippen molar-refractivity contribution in [3.05, 3.63) is 58.6 Å². The first-order valence-electron chi connectivity index (χ1n) is 7.88. The minimum atomic E-state index is -4.67. The average Bonchev–Trinajstić information content (AvgIpc) is 2.60. The van der Waals surface area contributed by atoms with E-state index in [1.54, 1.807) is 25.1 Å². The first-order chi connectivity index (χ1) is 12.7. The molecule has 0 atom stereocenters. The van der Waals surface area contributed by atoms with E-state index < -0.39 is 30.0 Å². The molecule has 0 saturated heterocycles. The number of nitrogens with one attached hydrogen (secondary N) is 2. The van der Waals surface area contributed by atoms with Crippen molar-refractivity contribution in [2.75, 3.05) is 18.5 Å². The largest absolute Gasteiger partial charge is 0.483 e. The van der Waals surface area contributed by atoms with Crippen molar-refractivity contribution in [1.82, 2.24) is 5.32 Å². The van der Waals surface area contributed by atoms with Crippen molar-refractivity contribution in [1.29, 1.82) is 0 Å². The molecular weight excluding hydrogens is 385 g/mol. The van der Waals surface area contributed by atoms with Gasteiger partial charge in [-0.05, 0) is 43.3 Å². The van der Waals surface area contributed by atoms with Gasteiger partial charge < -0.3 is 15.4 Å². The third kappa shape index (κ3) is 5.89. The van der Waals surface area contributed by atoms with E-state index in [9.17, 15) is 22.8 Å². The number of halogens is 4. The van der Waals surface area contributed by atoms with Gasteiger partial charge in [-0.3, -0.25) is 9.59 Å². The van der Waals surface area contributed by atoms with Crippen molar-refractivity contribution in [3.8, 4) is 5.75 Å². The highest BCUT2D eigenvalue weighted by molar-refractivity contribution is 6.30. The molecule has 2 amide bonds. The SMILES string of the molecule is CCNC(=O)c1cccc(NC(=O)COc2ccc(Cl)cc2C(F)(F)F)c1. The summed E-state index contributed by atoms with van der Waals surface area (Å²) in [5, 5.41) is 4.99. The highest BCUT2D eigenvalue weighted by Crippen LogP contribution is 2.37. The minimum absolute atomic E-state index is 0.0960. The maximum absolute atomic E-state index is 13.0. The summed E-state index contributed by atoms with van der Waals surface area (Å²) in [6.07, 6.45) is -4.67. The van der Waals surface area contributed by atoms with Crippen LogP contribution in [-0.2, 0) is 11.0 Å². The number of hydrogen-bond acceptors (Lipinski definition) is 3. The lowest BCUT2D eigenvalue weighted by Crippen LogP contribution is -2.23. The van der Waals surface area contributed by atoms with Crippen LogP contribution in [0.15, 0.2) is 42.5 Å². The van der Waals surface area contributed by atoms with Crippen LogP contribution in [0.1, 0.15) is 22.8 Å². The average molecular weight is 401 g/mol. The summed E-state index contributed by atoms with van der Waals surface area (Å²) in [6, 6.07) is 9.15. The van der Waals surface area contributed by atoms with Crippen molar-refractivity contribution < 1.29 is 27.5 Å². The Bertz CT molecular complexity index is 841. The Labute approximate surface area is 158 Å². The van der Waals surface area contributed by atoms with Crippen molar-refractivity contribution in [3.63, 3.8) is 0 Å². The van der Waals surface area contributed by atoms with E-state index in [1.165, 1.54) is 12.1 Å². The lowest BCUT2D eigenvalue weighted by atomic mass is 10.2. The van der Waals surface area contributed by atoms with Gasteiger partial charge in [0, 0.05) is 22.8 Å². The van der Waals surface area contributed by atoms with Gasteiger partial charge in [0.25, 0.3) is 11.8 Å². The number of alkyl halides is 3. The van der Waals surface area contributed by atoms with Crippen LogP contribution in [0, 0.1) is 0 Å². The van der Waals surface area contributed by atoms with Gasteiger partial charge in [0.05, 0.1) is 5.56 Å². The molecule has 0 heterocycles. The Morgan fingerprint density at radius 3 is 2.56 bits per heavy atom. The van der Waals surface area contributed by atoms with Gasteiger partial charge in [0.1, 0.15) is 5.75 Å². The predicted octanol–water partition coefficient (Wildman–Crippen LogP) is 4.13. The van der Waals surface area contributed by atoms with E-state index >= 15 is 0 Å². The van der Waals surface area contributed by atoms with Gasteiger partial charge in [0.2, 0.25) is 0 Å². The molecule has 0 radical (unpaired) electrons. The van der Waals surface area contributed by atoms with Crippen LogP contribution in [0.3, 0.4) is 0 Å². The minimum Gasteiger partial charge on any atom is -0.483 e. The zero-order chi connectivity index (χ0) is 20.0. The molecule has 144 valence electrons. The molecule has 2 N–H and O–H groups in total. The number of ether oxygens (including phenoxy) is 1. The van der Waals surface area contributed by atoms with Crippen LogP contribution >= 0.6 is 11.6 Å². The maximum atomic E-state index is 13.0. The number of anilines is 1. The second-order valence-corrected chi connectivity index (χ2v) is 5.85. The molecule has 0 spiro atoms. The van der Waals surface area contributed by atoms with E-state index in [-0.39, 0.29) is 10.9 Å². The first kappa shape index (κ1) is 20.6. The van der Waals surface area contributed by atoms with E-state index in [0.29, 0.717) is 17.8 Å². The van der Waals surface area contributed by atoms with Crippen LogP contribution in [-0.4, -0.2) is 25.0 Å². The number of benzene rings is 2. The zero-order valence-electron chi connectivity index (χ0n) is 14.2. The molecule has 2 aromatic carbocycles. The van der Waals surface area contributed by atoms with E-state index in [1.807, 2.05) is 0 Å². The summed E-state index contributed by atoms with van der Waals surface area (Å²) < 4.78 is 44.0. The molecule has 0 fully saturated rings. The Morgan fingerprint density at radius 2 is 1.89 bits per heavy atom. The van der Waals surface area contributed by atoms with Crippen molar-refractivity contribution >= 4 is 29.1 Å². The van der Waals surface area contributed by atoms with Crippen molar-refractivity contribution in [2.24, 2.45) is 0 Å². The molecule has 0 aliphatic heterocycles. The number of carbonyl (C=O) groups is 2. The Hall–Kier alpha value is -2.74. The second-order valence-electron chi connectivity index (χ2n) is 5.42. The van der Waals surface area contributed by atoms with Gasteiger partial charge in [-0.1, -0.05) is 17.7 Å². The first-order valence-corrected chi connectivity index (χ1v) is 8.26. The highest BCUT2D eigenvalue weighted by atomic mass is 35.5. The number of amides is 2. The molecule has 9 heteroatoms. The molecule has 2 rings (SSSR count). The normalized spacial score (nSPS) is 11.0. The fourth-order valence-electron chi connectivity index (χ4n) is 2.19. The smallest absolute Gasteiger partial charge is 0.420 e. The molecule has 2 aromatic rings. The van der Waals surface area contributed by atoms with Crippen LogP contribution in [0.25, 0.3) is 0 Å². The quantitative estimate of drug-likeness (QED) is 0.766. The molecule has 27 heavy (non-hydrogen) atoms. The molecule has 0 aromatic heterocycles. The Morgan fingerprint density at radius 1 is 1.15 bits per heavy atom. The molecule has 0 unspecified atom stereocenters. The van der Waals surface area contributed by atoms with Gasteiger partial charge in [0.15, 0.2) is 6.61 Å². The lowest BCUT2D eigenvalue weighted by Gasteiger charge is -2.14. The summed E-state index contributed by atoms with van der Waals surface area (Å²) in [7, 11) is 0. The van der Waals surface area contributed by atoms with Gasteiger partial charge in [-0.2, -0.15) is 13.2 Å². The van der Waals surface area contributed by atoms with Crippen LogP contribution in [0.4, 0.5) is 18.9 Å². The number of rotatable bonds is 6. The van der Waals surface area contributed by atoms with Crippen molar-refractivity contribution in [2.45, 2.75) is 13.1 Å². The highest BCUT2D eigenvalue weighted by Gasteiger charge is 2.34. The van der Waals surface area contributed by atoms with Crippen LogP contribution < -0.4 is 15.4 Å². The van der Waals surface area contributed by atoms with E-state index in [4.69, 9.17) is 16.3 Å². The second kappa shape index (κ2) is 8.77. The third-order valence-electron chi connectivity index (χ3n) is 3.35. The number of carbonyl (C=O) groups excluding carboxylic acids is 2. The Balaban J connectivity index is 2.04. The fraction of sp³-hybridized carbons (Fsp3) is 0.222. The summed E-state index contributed by atoms with van der Waals surface area (Å²) in [4.78, 5) is 23.8. The van der Waals surface area contributed by atoms with Gasteiger partial charge >= 0.3 is 6.18 Å². The van der Waals surface area contributed by atoms with Gasteiger partial charge in [-0.25, -0.2) is 0 Å². The van der Waals surface area contributed by atoms with E-state index in [2.05, 4.69) is 10.6 Å². The Kier molecular flexibility index (Phi) is 6.68. The van der Waals surface area contributed by atoms with E-state index in [0.717, 1.165) is 12.1 Å². The molecule has 0 bridgehead atoms. The zero-order valence-corrected chi connectivity index (χ0v) is 14.9. The van der Waals surface area contributed by atoms with Crippen LogP contribution in [0.2, 0.25) is 5.02 Å². The summed E-state index contributed by atoms with van der Waals surface area (Å²) >= 11 is 5.59. The third-order valence-corrected chi connectivity index (χ3v) is 3.59. The maximum Gasteiger partial charge on any atom is 0.420 e. The molecule has 0 aliphatic carbocycles. The van der Waals surface area contributed by atoms with Crippen LogP contribution in [0.5, 0.6) is 5.75 Å². The van der Waals surface area contributed by atoms with Gasteiger partial charge in [-0.15, -0.1) is 0 Å². The fourth-order valence-corrected chi connectivity index (χ4v) is 2.36. The molecular formula is C18H16ClF3N2O3. The predicted molar refractivity (Wildman–Crippen MR) is 95.0 cm³/mol. The standard InChI is InChI=1S/C18H16ClF3N2O3/c1-2-23-17(26)11-4-3-5-13(8-11)24-16(25)10-27-15-7-6-12(19)9-14(15)18(20,21)22/h3-9H,2,10H2,1H3,(H,23,26)(H,24,25). The molecule has 0 saturated carbocycles. The monoisotopic (exact) mass is 400 g/mol. The summed E-state index contributed by atoms with van der Waals surface area (Å²) in [6.45, 7) is 1.58. The molecule has 5 nitrogen and oxygen atoms in total. The summed E-state index contributed by atoms with van der Waals surface area (Å²) in [5.74, 6) is -1.48. The lowest BCUT2D eigenvalue weighted by molar-refractivity contribution is -0.139. The summed E-state index contributed by atoms with van der Waals surface area (Å²) in [5.41, 5.74) is -0.409.